The van der Waals surface area contributed by atoms with Crippen molar-refractivity contribution in [3.05, 3.63) is 53.6 Å². The molecule has 0 bridgehead atoms. The Balaban J connectivity index is 2.13. The highest BCUT2D eigenvalue weighted by Crippen LogP contribution is 2.33. The van der Waals surface area contributed by atoms with Gasteiger partial charge in [0.15, 0.2) is 0 Å². The molecule has 118 valence electrons. The Labute approximate surface area is 132 Å². The lowest BCUT2D eigenvalue weighted by Gasteiger charge is -2.11. The first-order chi connectivity index (χ1) is 10.4. The second-order valence-electron chi connectivity index (χ2n) is 4.90. The first-order valence-corrected chi connectivity index (χ1v) is 7.97. The lowest BCUT2D eigenvalue weighted by atomic mass is 10.2. The van der Waals surface area contributed by atoms with Gasteiger partial charge in [-0.05, 0) is 61.1 Å². The normalized spacial score (nSPS) is 11.5. The number of thioether (sulfide) groups is 1. The number of alkyl halides is 3. The zero-order chi connectivity index (χ0) is 16.2. The average molecular weight is 326 g/mol. The van der Waals surface area contributed by atoms with Crippen LogP contribution < -0.4 is 4.74 Å². The minimum absolute atomic E-state index is 0.392. The zero-order valence-electron chi connectivity index (χ0n) is 12.4. The molecule has 2 aromatic carbocycles. The van der Waals surface area contributed by atoms with Crippen LogP contribution in [0.2, 0.25) is 0 Å². The molecule has 0 saturated carbocycles. The molecule has 0 spiro atoms. The molecular weight excluding hydrogens is 309 g/mol. The van der Waals surface area contributed by atoms with Gasteiger partial charge >= 0.3 is 6.18 Å². The number of hydrogen-bond acceptors (Lipinski definition) is 2. The summed E-state index contributed by atoms with van der Waals surface area (Å²) >= 11 is 1.75. The molecule has 0 amide bonds. The number of rotatable bonds is 5. The number of hydrogen-bond donors (Lipinski definition) is 0. The van der Waals surface area contributed by atoms with Crippen LogP contribution in [-0.4, -0.2) is 5.75 Å². The molecule has 0 aliphatic rings. The Bertz CT molecular complexity index is 621. The van der Waals surface area contributed by atoms with Gasteiger partial charge in [-0.2, -0.15) is 13.2 Å². The van der Waals surface area contributed by atoms with E-state index in [0.717, 1.165) is 29.2 Å². The largest absolute Gasteiger partial charge is 0.457 e. The molecule has 0 saturated heterocycles. The molecule has 0 fully saturated rings. The summed E-state index contributed by atoms with van der Waals surface area (Å²) in [5.74, 6) is 2.04. The third kappa shape index (κ3) is 4.44. The van der Waals surface area contributed by atoms with Crippen LogP contribution in [0.3, 0.4) is 0 Å². The van der Waals surface area contributed by atoms with E-state index in [1.807, 2.05) is 25.1 Å². The van der Waals surface area contributed by atoms with Crippen LogP contribution in [0.15, 0.2) is 47.4 Å². The maximum absolute atomic E-state index is 12.5. The highest BCUT2D eigenvalue weighted by atomic mass is 32.2. The average Bonchev–Trinajstić information content (AvgIpc) is 2.47. The lowest BCUT2D eigenvalue weighted by molar-refractivity contribution is -0.137. The number of halogens is 3. The van der Waals surface area contributed by atoms with Gasteiger partial charge in [-0.3, -0.25) is 0 Å². The van der Waals surface area contributed by atoms with Crippen molar-refractivity contribution in [2.24, 2.45) is 0 Å². The summed E-state index contributed by atoms with van der Waals surface area (Å²) in [5, 5.41) is 0. The molecule has 22 heavy (non-hydrogen) atoms. The van der Waals surface area contributed by atoms with Gasteiger partial charge in [-0.15, -0.1) is 11.8 Å². The van der Waals surface area contributed by atoms with E-state index in [-0.39, 0.29) is 0 Å². The lowest BCUT2D eigenvalue weighted by Crippen LogP contribution is -2.03. The van der Waals surface area contributed by atoms with E-state index in [9.17, 15) is 13.2 Å². The summed E-state index contributed by atoms with van der Waals surface area (Å²) in [4.78, 5) is 1.13. The van der Waals surface area contributed by atoms with Gasteiger partial charge in [-0.25, -0.2) is 0 Å². The second kappa shape index (κ2) is 7.09. The Morgan fingerprint density at radius 3 is 2.23 bits per heavy atom. The summed E-state index contributed by atoms with van der Waals surface area (Å²) in [6.45, 7) is 4.14. The number of aryl methyl sites for hydroxylation is 1. The molecule has 0 heterocycles. The van der Waals surface area contributed by atoms with Gasteiger partial charge in [0.05, 0.1) is 5.56 Å². The fraction of sp³-hybridized carbons (Fsp3) is 0.294. The summed E-state index contributed by atoms with van der Waals surface area (Å²) in [6.07, 6.45) is -3.25. The van der Waals surface area contributed by atoms with E-state index >= 15 is 0 Å². The van der Waals surface area contributed by atoms with E-state index in [0.29, 0.717) is 11.5 Å². The van der Waals surface area contributed by atoms with Crippen molar-refractivity contribution in [3.8, 4) is 11.5 Å². The van der Waals surface area contributed by atoms with Gasteiger partial charge in [0, 0.05) is 4.90 Å². The van der Waals surface area contributed by atoms with Crippen molar-refractivity contribution in [2.75, 3.05) is 5.75 Å². The molecule has 0 atom stereocenters. The van der Waals surface area contributed by atoms with Crippen LogP contribution >= 0.6 is 11.8 Å². The Morgan fingerprint density at radius 2 is 1.64 bits per heavy atom. The van der Waals surface area contributed by atoms with Crippen molar-refractivity contribution in [2.45, 2.75) is 31.3 Å². The minimum atomic E-state index is -4.33. The topological polar surface area (TPSA) is 9.23 Å². The predicted molar refractivity (Wildman–Crippen MR) is 83.7 cm³/mol. The summed E-state index contributed by atoms with van der Waals surface area (Å²) < 4.78 is 43.2. The molecule has 1 nitrogen and oxygen atoms in total. The smallest absolute Gasteiger partial charge is 0.416 e. The van der Waals surface area contributed by atoms with Gasteiger partial charge in [0.25, 0.3) is 0 Å². The second-order valence-corrected chi connectivity index (χ2v) is 6.04. The van der Waals surface area contributed by atoms with Gasteiger partial charge < -0.3 is 4.74 Å². The third-order valence-electron chi connectivity index (χ3n) is 3.04. The molecule has 0 N–H and O–H groups in total. The van der Waals surface area contributed by atoms with Crippen molar-refractivity contribution in [3.63, 3.8) is 0 Å². The van der Waals surface area contributed by atoms with E-state index in [4.69, 9.17) is 4.74 Å². The van der Waals surface area contributed by atoms with Gasteiger partial charge in [-0.1, -0.05) is 13.0 Å². The predicted octanol–water partition coefficient (Wildman–Crippen LogP) is 6.31. The van der Waals surface area contributed by atoms with Crippen LogP contribution in [-0.2, 0) is 6.18 Å². The molecule has 0 unspecified atom stereocenters. The third-order valence-corrected chi connectivity index (χ3v) is 4.40. The van der Waals surface area contributed by atoms with Crippen LogP contribution in [0.4, 0.5) is 13.2 Å². The van der Waals surface area contributed by atoms with Crippen molar-refractivity contribution >= 4 is 11.8 Å². The molecule has 0 radical (unpaired) electrons. The maximum Gasteiger partial charge on any atom is 0.416 e. The SMILES string of the molecule is CCCSc1cc(Oc2ccc(C(F)(F)F)cc2)ccc1C. The summed E-state index contributed by atoms with van der Waals surface area (Å²) in [6, 6.07) is 10.4. The quantitative estimate of drug-likeness (QED) is 0.596. The molecule has 2 rings (SSSR count). The zero-order valence-corrected chi connectivity index (χ0v) is 13.2. The highest BCUT2D eigenvalue weighted by Gasteiger charge is 2.30. The first-order valence-electron chi connectivity index (χ1n) is 6.98. The molecule has 0 aliphatic heterocycles. The maximum atomic E-state index is 12.5. The summed E-state index contributed by atoms with van der Waals surface area (Å²) in [7, 11) is 0. The van der Waals surface area contributed by atoms with E-state index in [2.05, 4.69) is 6.92 Å². The molecular formula is C17H17F3OS. The van der Waals surface area contributed by atoms with Crippen LogP contribution in [0.5, 0.6) is 11.5 Å². The molecule has 0 aromatic heterocycles. The first kappa shape index (κ1) is 16.7. The minimum Gasteiger partial charge on any atom is -0.457 e. The Morgan fingerprint density at radius 1 is 1.00 bits per heavy atom. The van der Waals surface area contributed by atoms with Crippen molar-refractivity contribution < 1.29 is 17.9 Å². The molecule has 2 aromatic rings. The van der Waals surface area contributed by atoms with Crippen LogP contribution in [0.1, 0.15) is 24.5 Å². The fourth-order valence-electron chi connectivity index (χ4n) is 1.86. The highest BCUT2D eigenvalue weighted by molar-refractivity contribution is 7.99. The van der Waals surface area contributed by atoms with E-state index < -0.39 is 11.7 Å². The van der Waals surface area contributed by atoms with Crippen LogP contribution in [0.25, 0.3) is 0 Å². The van der Waals surface area contributed by atoms with Crippen molar-refractivity contribution in [1.29, 1.82) is 0 Å². The number of ether oxygens (including phenoxy) is 1. The van der Waals surface area contributed by atoms with Crippen LogP contribution in [0, 0.1) is 6.92 Å². The van der Waals surface area contributed by atoms with Gasteiger partial charge in [0.1, 0.15) is 11.5 Å². The Hall–Kier alpha value is -1.62. The van der Waals surface area contributed by atoms with E-state index in [1.165, 1.54) is 17.7 Å². The molecule has 5 heteroatoms. The number of benzene rings is 2. The monoisotopic (exact) mass is 326 g/mol. The fourth-order valence-corrected chi connectivity index (χ4v) is 2.78. The summed E-state index contributed by atoms with van der Waals surface area (Å²) in [5.41, 5.74) is 0.487. The standard InChI is InChI=1S/C17H17F3OS/c1-3-10-22-16-11-15(7-4-12(16)2)21-14-8-5-13(6-9-14)17(18,19)20/h4-9,11H,3,10H2,1-2H3. The molecule has 0 aliphatic carbocycles. The van der Waals surface area contributed by atoms with Crippen molar-refractivity contribution in [1.82, 2.24) is 0 Å². The Kier molecular flexibility index (Phi) is 5.40. The van der Waals surface area contributed by atoms with Gasteiger partial charge in [0.2, 0.25) is 0 Å². The van der Waals surface area contributed by atoms with E-state index in [1.54, 1.807) is 11.8 Å².